The fraction of sp³-hybridized carbons (Fsp3) is 0.263. The van der Waals surface area contributed by atoms with Gasteiger partial charge in [-0.05, 0) is 37.3 Å². The van der Waals surface area contributed by atoms with Crippen LogP contribution in [0.1, 0.15) is 20.3 Å². The van der Waals surface area contributed by atoms with Crippen molar-refractivity contribution < 1.29 is 14.3 Å². The quantitative estimate of drug-likeness (QED) is 0.735. The van der Waals surface area contributed by atoms with Crippen LogP contribution in [0.4, 0.5) is 11.4 Å². The number of hydrogen-bond acceptors (Lipinski definition) is 3. The molecule has 26 heavy (non-hydrogen) atoms. The van der Waals surface area contributed by atoms with Gasteiger partial charge in [0.25, 0.3) is 0 Å². The van der Waals surface area contributed by atoms with Gasteiger partial charge in [0.15, 0.2) is 0 Å². The van der Waals surface area contributed by atoms with Crippen molar-refractivity contribution in [3.63, 3.8) is 0 Å². The summed E-state index contributed by atoms with van der Waals surface area (Å²) >= 11 is 11.9. The number of halogens is 2. The van der Waals surface area contributed by atoms with Gasteiger partial charge in [0, 0.05) is 24.9 Å². The first-order chi connectivity index (χ1) is 12.4. The molecule has 0 fully saturated rings. The van der Waals surface area contributed by atoms with E-state index in [2.05, 4.69) is 5.32 Å². The van der Waals surface area contributed by atoms with E-state index in [9.17, 15) is 9.59 Å². The van der Waals surface area contributed by atoms with E-state index in [0.717, 1.165) is 0 Å². The molecular weight excluding hydrogens is 375 g/mol. The summed E-state index contributed by atoms with van der Waals surface area (Å²) in [6.07, 6.45) is 0.110. The molecular formula is C19H20Cl2N2O3. The van der Waals surface area contributed by atoms with E-state index in [1.54, 1.807) is 30.3 Å². The maximum absolute atomic E-state index is 12.2. The molecule has 0 aliphatic carbocycles. The normalized spacial score (nSPS) is 10.3. The lowest BCUT2D eigenvalue weighted by Gasteiger charge is -2.23. The fourth-order valence-electron chi connectivity index (χ4n) is 2.42. The topological polar surface area (TPSA) is 58.6 Å². The first-order valence-corrected chi connectivity index (χ1v) is 8.92. The van der Waals surface area contributed by atoms with Crippen molar-refractivity contribution in [2.45, 2.75) is 20.3 Å². The van der Waals surface area contributed by atoms with E-state index in [-0.39, 0.29) is 24.8 Å². The predicted molar refractivity (Wildman–Crippen MR) is 105 cm³/mol. The molecule has 0 saturated carbocycles. The van der Waals surface area contributed by atoms with Gasteiger partial charge in [-0.2, -0.15) is 0 Å². The zero-order chi connectivity index (χ0) is 19.1. The van der Waals surface area contributed by atoms with Crippen LogP contribution >= 0.6 is 23.2 Å². The molecule has 7 heteroatoms. The lowest BCUT2D eigenvalue weighted by Crippen LogP contribution is -2.32. The molecule has 0 saturated heterocycles. The second kappa shape index (κ2) is 9.46. The second-order valence-corrected chi connectivity index (χ2v) is 6.34. The number of ether oxygens (including phenoxy) is 1. The third kappa shape index (κ3) is 5.38. The Kier molecular flexibility index (Phi) is 7.30. The van der Waals surface area contributed by atoms with Gasteiger partial charge in [0.05, 0.1) is 23.0 Å². The first-order valence-electron chi connectivity index (χ1n) is 8.17. The number of amides is 2. The van der Waals surface area contributed by atoms with Crippen LogP contribution in [0.3, 0.4) is 0 Å². The van der Waals surface area contributed by atoms with Crippen LogP contribution in [0.5, 0.6) is 5.75 Å². The predicted octanol–water partition coefficient (Wildman–Crippen LogP) is 4.77. The molecule has 2 amide bonds. The molecule has 2 rings (SSSR count). The number of rotatable bonds is 7. The monoisotopic (exact) mass is 394 g/mol. The molecule has 0 spiro atoms. The highest BCUT2D eigenvalue weighted by atomic mass is 35.5. The molecule has 2 aromatic rings. The van der Waals surface area contributed by atoms with Gasteiger partial charge in [-0.15, -0.1) is 0 Å². The number of benzene rings is 2. The van der Waals surface area contributed by atoms with Crippen LogP contribution in [0.25, 0.3) is 0 Å². The van der Waals surface area contributed by atoms with Crippen molar-refractivity contribution in [1.82, 2.24) is 0 Å². The summed E-state index contributed by atoms with van der Waals surface area (Å²) in [6, 6.07) is 12.1. The highest BCUT2D eigenvalue weighted by Gasteiger charge is 2.17. The minimum absolute atomic E-state index is 0.110. The SMILES string of the molecule is CCOc1ccccc1N(CCC(=O)Nc1ccc(Cl)cc1Cl)C(C)=O. The number of hydrogen-bond donors (Lipinski definition) is 1. The fourth-order valence-corrected chi connectivity index (χ4v) is 2.88. The van der Waals surface area contributed by atoms with Crippen molar-refractivity contribution in [1.29, 1.82) is 0 Å². The smallest absolute Gasteiger partial charge is 0.226 e. The highest BCUT2D eigenvalue weighted by Crippen LogP contribution is 2.29. The van der Waals surface area contributed by atoms with E-state index in [0.29, 0.717) is 33.8 Å². The van der Waals surface area contributed by atoms with Crippen LogP contribution in [-0.4, -0.2) is 25.0 Å². The van der Waals surface area contributed by atoms with Gasteiger partial charge in [-0.3, -0.25) is 9.59 Å². The molecule has 138 valence electrons. The Balaban J connectivity index is 2.07. The Morgan fingerprint density at radius 1 is 1.15 bits per heavy atom. The van der Waals surface area contributed by atoms with Crippen molar-refractivity contribution in [3.05, 3.63) is 52.5 Å². The number of nitrogens with zero attached hydrogens (tertiary/aromatic N) is 1. The number of carbonyl (C=O) groups excluding carboxylic acids is 2. The van der Waals surface area contributed by atoms with Gasteiger partial charge >= 0.3 is 0 Å². The van der Waals surface area contributed by atoms with Crippen LogP contribution in [-0.2, 0) is 9.59 Å². The van der Waals surface area contributed by atoms with E-state index < -0.39 is 0 Å². The molecule has 2 aromatic carbocycles. The Morgan fingerprint density at radius 3 is 2.54 bits per heavy atom. The Morgan fingerprint density at radius 2 is 1.88 bits per heavy atom. The summed E-state index contributed by atoms with van der Waals surface area (Å²) in [5.41, 5.74) is 1.12. The summed E-state index contributed by atoms with van der Waals surface area (Å²) in [4.78, 5) is 25.8. The third-order valence-electron chi connectivity index (χ3n) is 3.60. The lowest BCUT2D eigenvalue weighted by atomic mass is 10.2. The Labute approximate surface area is 162 Å². The molecule has 0 atom stereocenters. The van der Waals surface area contributed by atoms with Gasteiger partial charge < -0.3 is 15.0 Å². The molecule has 0 aromatic heterocycles. The summed E-state index contributed by atoms with van der Waals surface area (Å²) < 4.78 is 5.57. The van der Waals surface area contributed by atoms with Crippen molar-refractivity contribution in [2.75, 3.05) is 23.4 Å². The second-order valence-electron chi connectivity index (χ2n) is 5.49. The average molecular weight is 395 g/mol. The van der Waals surface area contributed by atoms with Gasteiger partial charge in [0.1, 0.15) is 5.75 Å². The van der Waals surface area contributed by atoms with E-state index >= 15 is 0 Å². The maximum Gasteiger partial charge on any atom is 0.226 e. The van der Waals surface area contributed by atoms with Gasteiger partial charge in [-0.1, -0.05) is 35.3 Å². The minimum atomic E-state index is -0.255. The average Bonchev–Trinajstić information content (AvgIpc) is 2.59. The van der Waals surface area contributed by atoms with E-state index in [1.165, 1.54) is 11.8 Å². The number of anilines is 2. The summed E-state index contributed by atoms with van der Waals surface area (Å²) in [7, 11) is 0. The summed E-state index contributed by atoms with van der Waals surface area (Å²) in [6.45, 7) is 4.03. The molecule has 0 unspecified atom stereocenters. The van der Waals surface area contributed by atoms with Crippen LogP contribution < -0.4 is 15.0 Å². The minimum Gasteiger partial charge on any atom is -0.492 e. The largest absolute Gasteiger partial charge is 0.492 e. The van der Waals surface area contributed by atoms with Crippen molar-refractivity contribution in [3.8, 4) is 5.75 Å². The molecule has 5 nitrogen and oxygen atoms in total. The van der Waals surface area contributed by atoms with Crippen molar-refractivity contribution >= 4 is 46.4 Å². The first kappa shape index (κ1) is 20.1. The zero-order valence-electron chi connectivity index (χ0n) is 14.6. The summed E-state index contributed by atoms with van der Waals surface area (Å²) in [5.74, 6) is 0.176. The molecule has 0 bridgehead atoms. The van der Waals surface area contributed by atoms with E-state index in [1.807, 2.05) is 19.1 Å². The van der Waals surface area contributed by atoms with Crippen molar-refractivity contribution in [2.24, 2.45) is 0 Å². The van der Waals surface area contributed by atoms with Crippen LogP contribution in [0.2, 0.25) is 10.0 Å². The molecule has 1 N–H and O–H groups in total. The standard InChI is InChI=1S/C19H20Cl2N2O3/c1-3-26-18-7-5-4-6-17(18)23(13(2)24)11-10-19(25)22-16-9-8-14(20)12-15(16)21/h4-9,12H,3,10-11H2,1-2H3,(H,22,25). The Hall–Kier alpha value is -2.24. The highest BCUT2D eigenvalue weighted by molar-refractivity contribution is 6.36. The zero-order valence-corrected chi connectivity index (χ0v) is 16.1. The number of para-hydroxylation sites is 2. The number of nitrogens with one attached hydrogen (secondary N) is 1. The van der Waals surface area contributed by atoms with Gasteiger partial charge in [0.2, 0.25) is 11.8 Å². The van der Waals surface area contributed by atoms with Gasteiger partial charge in [-0.25, -0.2) is 0 Å². The van der Waals surface area contributed by atoms with E-state index in [4.69, 9.17) is 27.9 Å². The molecule has 0 aliphatic rings. The van der Waals surface area contributed by atoms with Crippen LogP contribution in [0.15, 0.2) is 42.5 Å². The van der Waals surface area contributed by atoms with Crippen LogP contribution in [0, 0.1) is 0 Å². The summed E-state index contributed by atoms with van der Waals surface area (Å²) in [5, 5.41) is 3.57. The molecule has 0 aliphatic heterocycles. The maximum atomic E-state index is 12.2. The molecule has 0 heterocycles. The number of carbonyl (C=O) groups is 2. The lowest BCUT2D eigenvalue weighted by molar-refractivity contribution is -0.117. The third-order valence-corrected chi connectivity index (χ3v) is 4.15. The molecule has 0 radical (unpaired) electrons. The Bertz CT molecular complexity index is 796.